The first-order valence-electron chi connectivity index (χ1n) is 9.61. The normalized spacial score (nSPS) is 10.8. The monoisotopic (exact) mass is 402 g/mol. The van der Waals surface area contributed by atoms with Gasteiger partial charge in [0.2, 0.25) is 0 Å². The molecule has 6 heteroatoms. The summed E-state index contributed by atoms with van der Waals surface area (Å²) in [5.41, 5.74) is 4.08. The van der Waals surface area contributed by atoms with Gasteiger partial charge in [0.1, 0.15) is 5.69 Å². The van der Waals surface area contributed by atoms with Gasteiger partial charge in [-0.2, -0.15) is 0 Å². The van der Waals surface area contributed by atoms with Crippen LogP contribution in [-0.2, 0) is 19.4 Å². The second-order valence-electron chi connectivity index (χ2n) is 6.81. The molecule has 5 nitrogen and oxygen atoms in total. The molecule has 0 aliphatic carbocycles. The number of pyridine rings is 1. The third-order valence-electron chi connectivity index (χ3n) is 4.68. The molecule has 1 amide bonds. The number of aromatic nitrogens is 3. The molecule has 0 aliphatic rings. The molecular weight excluding hydrogens is 380 g/mol. The minimum absolute atomic E-state index is 0.125. The maximum absolute atomic E-state index is 12.7. The molecule has 146 valence electrons. The summed E-state index contributed by atoms with van der Waals surface area (Å²) < 4.78 is 2.00. The Morgan fingerprint density at radius 2 is 1.83 bits per heavy atom. The fourth-order valence-corrected chi connectivity index (χ4v) is 3.94. The molecule has 0 saturated carbocycles. The van der Waals surface area contributed by atoms with E-state index in [0.717, 1.165) is 31.5 Å². The van der Waals surface area contributed by atoms with Crippen LogP contribution in [0.3, 0.4) is 0 Å². The van der Waals surface area contributed by atoms with Gasteiger partial charge in [-0.1, -0.05) is 30.3 Å². The van der Waals surface area contributed by atoms with Crippen LogP contribution in [0.4, 0.5) is 5.13 Å². The van der Waals surface area contributed by atoms with E-state index in [1.54, 1.807) is 0 Å². The van der Waals surface area contributed by atoms with Gasteiger partial charge >= 0.3 is 0 Å². The molecule has 3 aromatic heterocycles. The predicted molar refractivity (Wildman–Crippen MR) is 116 cm³/mol. The van der Waals surface area contributed by atoms with Crippen molar-refractivity contribution in [1.82, 2.24) is 14.5 Å². The van der Waals surface area contributed by atoms with Crippen molar-refractivity contribution in [2.75, 3.05) is 5.32 Å². The number of thiazole rings is 1. The van der Waals surface area contributed by atoms with Crippen LogP contribution in [0.2, 0.25) is 0 Å². The van der Waals surface area contributed by atoms with Crippen molar-refractivity contribution in [2.45, 2.75) is 25.8 Å². The maximum atomic E-state index is 12.7. The molecular formula is C23H22N4OS. The molecule has 0 fully saturated rings. The zero-order valence-corrected chi connectivity index (χ0v) is 16.8. The summed E-state index contributed by atoms with van der Waals surface area (Å²) in [7, 11) is 0. The van der Waals surface area contributed by atoms with E-state index in [9.17, 15) is 4.79 Å². The van der Waals surface area contributed by atoms with E-state index in [4.69, 9.17) is 0 Å². The number of amides is 1. The number of benzene rings is 1. The van der Waals surface area contributed by atoms with Crippen molar-refractivity contribution in [1.29, 1.82) is 0 Å². The molecule has 1 aromatic carbocycles. The second-order valence-corrected chi connectivity index (χ2v) is 7.66. The van der Waals surface area contributed by atoms with E-state index < -0.39 is 0 Å². The molecule has 0 unspecified atom stereocenters. The van der Waals surface area contributed by atoms with Gasteiger partial charge in [-0.25, -0.2) is 4.98 Å². The summed E-state index contributed by atoms with van der Waals surface area (Å²) in [6.45, 7) is 0.787. The van der Waals surface area contributed by atoms with Crippen LogP contribution < -0.4 is 5.32 Å². The molecule has 0 spiro atoms. The zero-order valence-electron chi connectivity index (χ0n) is 16.0. The van der Waals surface area contributed by atoms with Gasteiger partial charge in [0.05, 0.1) is 5.69 Å². The minimum atomic E-state index is -0.125. The molecule has 0 saturated heterocycles. The fourth-order valence-electron chi connectivity index (χ4n) is 3.23. The SMILES string of the molecule is O=C(Nc1nc(Cc2ccccc2)cs1)c1cccn1CCCc1ccncc1. The van der Waals surface area contributed by atoms with Crippen molar-refractivity contribution in [3.63, 3.8) is 0 Å². The molecule has 4 rings (SSSR count). The highest BCUT2D eigenvalue weighted by Crippen LogP contribution is 2.19. The average molecular weight is 403 g/mol. The molecule has 0 atom stereocenters. The van der Waals surface area contributed by atoms with E-state index in [1.165, 1.54) is 22.5 Å². The molecule has 4 aromatic rings. The maximum Gasteiger partial charge on any atom is 0.274 e. The van der Waals surface area contributed by atoms with Crippen molar-refractivity contribution in [3.05, 3.63) is 101 Å². The van der Waals surface area contributed by atoms with Crippen molar-refractivity contribution < 1.29 is 4.79 Å². The van der Waals surface area contributed by atoms with Gasteiger partial charge in [0.25, 0.3) is 5.91 Å². The number of carbonyl (C=O) groups is 1. The number of nitrogens with one attached hydrogen (secondary N) is 1. The van der Waals surface area contributed by atoms with Crippen LogP contribution in [0.25, 0.3) is 0 Å². The molecule has 0 aliphatic heterocycles. The smallest absolute Gasteiger partial charge is 0.274 e. The van der Waals surface area contributed by atoms with Crippen molar-refractivity contribution in [2.24, 2.45) is 0 Å². The Hall–Kier alpha value is -3.25. The highest BCUT2D eigenvalue weighted by molar-refractivity contribution is 7.14. The van der Waals surface area contributed by atoms with Crippen LogP contribution >= 0.6 is 11.3 Å². The van der Waals surface area contributed by atoms with E-state index in [0.29, 0.717) is 10.8 Å². The number of hydrogen-bond donors (Lipinski definition) is 1. The Labute approximate surface area is 174 Å². The Bertz CT molecular complexity index is 1060. The zero-order chi connectivity index (χ0) is 19.9. The number of carbonyl (C=O) groups excluding carboxylic acids is 1. The Balaban J connectivity index is 1.34. The highest BCUT2D eigenvalue weighted by Gasteiger charge is 2.13. The van der Waals surface area contributed by atoms with Gasteiger partial charge < -0.3 is 4.57 Å². The summed E-state index contributed by atoms with van der Waals surface area (Å²) >= 11 is 1.46. The van der Waals surface area contributed by atoms with E-state index in [-0.39, 0.29) is 5.91 Å². The number of nitrogens with zero attached hydrogens (tertiary/aromatic N) is 3. The third-order valence-corrected chi connectivity index (χ3v) is 5.48. The molecule has 29 heavy (non-hydrogen) atoms. The van der Waals surface area contributed by atoms with Gasteiger partial charge in [-0.05, 0) is 48.2 Å². The number of rotatable bonds is 8. The predicted octanol–water partition coefficient (Wildman–Crippen LogP) is 4.82. The number of aryl methyl sites for hydroxylation is 2. The van der Waals surface area contributed by atoms with Gasteiger partial charge in [-0.3, -0.25) is 15.1 Å². The second kappa shape index (κ2) is 9.30. The summed E-state index contributed by atoms with van der Waals surface area (Å²) in [5.74, 6) is -0.125. The summed E-state index contributed by atoms with van der Waals surface area (Å²) in [5, 5.41) is 5.56. The summed E-state index contributed by atoms with van der Waals surface area (Å²) in [4.78, 5) is 21.3. The molecule has 1 N–H and O–H groups in total. The van der Waals surface area contributed by atoms with E-state index in [1.807, 2.05) is 71.0 Å². The van der Waals surface area contributed by atoms with Crippen molar-refractivity contribution >= 4 is 22.4 Å². The van der Waals surface area contributed by atoms with Crippen molar-refractivity contribution in [3.8, 4) is 0 Å². The Morgan fingerprint density at radius 3 is 2.66 bits per heavy atom. The lowest BCUT2D eigenvalue weighted by Gasteiger charge is -2.09. The van der Waals surface area contributed by atoms with Crippen LogP contribution in [-0.4, -0.2) is 20.4 Å². The first kappa shape index (κ1) is 19.1. The van der Waals surface area contributed by atoms with Crippen LogP contribution in [0.15, 0.2) is 78.6 Å². The topological polar surface area (TPSA) is 59.8 Å². The molecule has 0 bridgehead atoms. The number of hydrogen-bond acceptors (Lipinski definition) is 4. The lowest BCUT2D eigenvalue weighted by molar-refractivity contribution is 0.101. The quantitative estimate of drug-likeness (QED) is 0.460. The standard InChI is InChI=1S/C23H22N4OS/c28-22(26-23-25-20(17-29-23)16-19-6-2-1-3-7-19)21-9-5-15-27(21)14-4-8-18-10-12-24-13-11-18/h1-3,5-7,9-13,15,17H,4,8,14,16H2,(H,25,26,28). The van der Waals surface area contributed by atoms with Crippen LogP contribution in [0, 0.1) is 0 Å². The fraction of sp³-hybridized carbons (Fsp3) is 0.174. The summed E-state index contributed by atoms with van der Waals surface area (Å²) in [6, 6.07) is 18.0. The Kier molecular flexibility index (Phi) is 6.12. The van der Waals surface area contributed by atoms with E-state index in [2.05, 4.69) is 27.4 Å². The minimum Gasteiger partial charge on any atom is -0.344 e. The lowest BCUT2D eigenvalue weighted by atomic mass is 10.1. The van der Waals surface area contributed by atoms with Gasteiger partial charge in [0.15, 0.2) is 5.13 Å². The number of anilines is 1. The molecule has 0 radical (unpaired) electrons. The van der Waals surface area contributed by atoms with E-state index >= 15 is 0 Å². The lowest BCUT2D eigenvalue weighted by Crippen LogP contribution is -2.17. The van der Waals surface area contributed by atoms with Gasteiger partial charge in [-0.15, -0.1) is 11.3 Å². The summed E-state index contributed by atoms with van der Waals surface area (Å²) in [6.07, 6.45) is 8.24. The highest BCUT2D eigenvalue weighted by atomic mass is 32.1. The average Bonchev–Trinajstić information content (AvgIpc) is 3.39. The first-order valence-corrected chi connectivity index (χ1v) is 10.5. The molecule has 3 heterocycles. The first-order chi connectivity index (χ1) is 14.3. The largest absolute Gasteiger partial charge is 0.344 e. The third kappa shape index (κ3) is 5.18. The Morgan fingerprint density at radius 1 is 1.00 bits per heavy atom. The van der Waals surface area contributed by atoms with Crippen LogP contribution in [0.1, 0.15) is 33.7 Å². The van der Waals surface area contributed by atoms with Gasteiger partial charge in [0, 0.05) is 36.9 Å². The van der Waals surface area contributed by atoms with Crippen LogP contribution in [0.5, 0.6) is 0 Å².